The third-order valence-electron chi connectivity index (χ3n) is 5.86. The van der Waals surface area contributed by atoms with E-state index in [9.17, 15) is 14.0 Å². The molecule has 0 unspecified atom stereocenters. The van der Waals surface area contributed by atoms with Crippen molar-refractivity contribution in [2.75, 3.05) is 5.32 Å². The highest BCUT2D eigenvalue weighted by atomic mass is 19.1. The van der Waals surface area contributed by atoms with Gasteiger partial charge in [0, 0.05) is 18.2 Å². The third kappa shape index (κ3) is 4.41. The molecule has 0 fully saturated rings. The van der Waals surface area contributed by atoms with Gasteiger partial charge in [-0.15, -0.1) is 0 Å². The van der Waals surface area contributed by atoms with Crippen LogP contribution in [0, 0.1) is 5.82 Å². The summed E-state index contributed by atoms with van der Waals surface area (Å²) in [5.41, 5.74) is 4.52. The molecule has 1 amide bonds. The lowest BCUT2D eigenvalue weighted by Gasteiger charge is -2.23. The molecule has 0 saturated heterocycles. The second kappa shape index (κ2) is 8.74. The quantitative estimate of drug-likeness (QED) is 0.461. The molecule has 5 rings (SSSR count). The average Bonchev–Trinajstić information content (AvgIpc) is 2.85. The number of carbonyl (C=O) groups excluding carboxylic acids is 2. The van der Waals surface area contributed by atoms with Crippen LogP contribution in [0.4, 0.5) is 10.3 Å². The molecular formula is C27H20FN3O2. The maximum Gasteiger partial charge on any atom is 0.258 e. The third-order valence-corrected chi connectivity index (χ3v) is 5.86. The molecule has 1 aliphatic rings. The molecule has 1 aromatic heterocycles. The Morgan fingerprint density at radius 3 is 2.30 bits per heavy atom. The van der Waals surface area contributed by atoms with Crippen LogP contribution in [-0.4, -0.2) is 21.7 Å². The molecule has 0 saturated carbocycles. The maximum absolute atomic E-state index is 13.3. The van der Waals surface area contributed by atoms with E-state index < -0.39 is 0 Å². The van der Waals surface area contributed by atoms with Gasteiger partial charge in [-0.05, 0) is 53.3 Å². The predicted octanol–water partition coefficient (Wildman–Crippen LogP) is 5.45. The molecule has 33 heavy (non-hydrogen) atoms. The molecule has 3 aromatic carbocycles. The fraction of sp³-hybridized carbons (Fsp3) is 0.111. The van der Waals surface area contributed by atoms with Crippen molar-refractivity contribution in [2.45, 2.75) is 18.8 Å². The molecule has 6 heteroatoms. The zero-order valence-electron chi connectivity index (χ0n) is 17.7. The lowest BCUT2D eigenvalue weighted by molar-refractivity contribution is 0.0962. The van der Waals surface area contributed by atoms with Crippen LogP contribution in [0.2, 0.25) is 0 Å². The molecule has 5 nitrogen and oxygen atoms in total. The number of carbonyl (C=O) groups is 2. The first kappa shape index (κ1) is 20.7. The Kier molecular flexibility index (Phi) is 5.48. The summed E-state index contributed by atoms with van der Waals surface area (Å²) >= 11 is 0. The molecule has 4 aromatic rings. The van der Waals surface area contributed by atoms with Gasteiger partial charge in [-0.3, -0.25) is 14.9 Å². The summed E-state index contributed by atoms with van der Waals surface area (Å²) in [6.07, 6.45) is 2.31. The molecule has 1 aliphatic carbocycles. The van der Waals surface area contributed by atoms with E-state index in [0.29, 0.717) is 29.7 Å². The van der Waals surface area contributed by atoms with Crippen molar-refractivity contribution in [1.82, 2.24) is 9.97 Å². The van der Waals surface area contributed by atoms with Gasteiger partial charge >= 0.3 is 0 Å². The topological polar surface area (TPSA) is 72.0 Å². The SMILES string of the molecule is O=C(Nc1ncc2c(n1)C[C@@H](c1ccc(F)cc1)CC2=O)c1ccc(-c2ccccc2)cc1. The van der Waals surface area contributed by atoms with Crippen LogP contribution in [0.15, 0.2) is 85.1 Å². The first-order valence-electron chi connectivity index (χ1n) is 10.7. The Balaban J connectivity index is 1.33. The molecule has 1 N–H and O–H groups in total. The van der Waals surface area contributed by atoms with Crippen molar-refractivity contribution in [3.8, 4) is 11.1 Å². The molecule has 0 bridgehead atoms. The molecule has 0 radical (unpaired) electrons. The Hall–Kier alpha value is -4.19. The zero-order valence-corrected chi connectivity index (χ0v) is 17.7. The number of amides is 1. The van der Waals surface area contributed by atoms with Gasteiger partial charge in [-0.25, -0.2) is 14.4 Å². The van der Waals surface area contributed by atoms with Gasteiger partial charge in [0.15, 0.2) is 5.78 Å². The number of nitrogens with zero attached hydrogens (tertiary/aromatic N) is 2. The Morgan fingerprint density at radius 2 is 1.58 bits per heavy atom. The van der Waals surface area contributed by atoms with Gasteiger partial charge in [-0.2, -0.15) is 0 Å². The number of fused-ring (bicyclic) bond motifs is 1. The summed E-state index contributed by atoms with van der Waals surface area (Å²) in [7, 11) is 0. The predicted molar refractivity (Wildman–Crippen MR) is 124 cm³/mol. The van der Waals surface area contributed by atoms with Crippen LogP contribution in [0.1, 0.15) is 44.3 Å². The van der Waals surface area contributed by atoms with Crippen molar-refractivity contribution in [2.24, 2.45) is 0 Å². The summed E-state index contributed by atoms with van der Waals surface area (Å²) in [5, 5.41) is 2.72. The highest BCUT2D eigenvalue weighted by Gasteiger charge is 2.28. The second-order valence-corrected chi connectivity index (χ2v) is 8.03. The van der Waals surface area contributed by atoms with E-state index in [1.807, 2.05) is 42.5 Å². The van der Waals surface area contributed by atoms with Crippen LogP contribution in [0.5, 0.6) is 0 Å². The maximum atomic E-state index is 13.3. The summed E-state index contributed by atoms with van der Waals surface area (Å²) in [4.78, 5) is 33.9. The fourth-order valence-corrected chi connectivity index (χ4v) is 4.09. The molecule has 162 valence electrons. The molecule has 1 heterocycles. The van der Waals surface area contributed by atoms with Gasteiger partial charge in [-0.1, -0.05) is 54.6 Å². The minimum absolute atomic E-state index is 0.0556. The Bertz CT molecular complexity index is 1320. The molecular weight excluding hydrogens is 417 g/mol. The smallest absolute Gasteiger partial charge is 0.258 e. The van der Waals surface area contributed by atoms with Crippen LogP contribution >= 0.6 is 0 Å². The molecule has 0 spiro atoms. The fourth-order valence-electron chi connectivity index (χ4n) is 4.09. The van der Waals surface area contributed by atoms with Gasteiger partial charge in [0.1, 0.15) is 5.82 Å². The number of benzene rings is 3. The van der Waals surface area contributed by atoms with E-state index in [0.717, 1.165) is 16.7 Å². The second-order valence-electron chi connectivity index (χ2n) is 8.03. The van der Waals surface area contributed by atoms with E-state index in [1.54, 1.807) is 24.3 Å². The van der Waals surface area contributed by atoms with Gasteiger partial charge in [0.25, 0.3) is 5.91 Å². The number of halogens is 1. The number of anilines is 1. The number of hydrogen-bond acceptors (Lipinski definition) is 4. The van der Waals surface area contributed by atoms with Crippen LogP contribution in [0.25, 0.3) is 11.1 Å². The minimum atomic E-state index is -0.327. The standard InChI is InChI=1S/C27H20FN3O2/c28-22-12-10-19(11-13-22)21-14-24-23(25(32)15-21)16-29-27(30-24)31-26(33)20-8-6-18(7-9-20)17-4-2-1-3-5-17/h1-13,16,21H,14-15H2,(H,29,30,31,33)/t21-/m1/s1. The first-order chi connectivity index (χ1) is 16.1. The van der Waals surface area contributed by atoms with E-state index in [-0.39, 0.29) is 29.4 Å². The summed E-state index contributed by atoms with van der Waals surface area (Å²) in [6.45, 7) is 0. The van der Waals surface area contributed by atoms with E-state index in [1.165, 1.54) is 18.3 Å². The Morgan fingerprint density at radius 1 is 0.879 bits per heavy atom. The zero-order chi connectivity index (χ0) is 22.8. The van der Waals surface area contributed by atoms with Gasteiger partial charge < -0.3 is 0 Å². The van der Waals surface area contributed by atoms with E-state index in [4.69, 9.17) is 0 Å². The highest BCUT2D eigenvalue weighted by molar-refractivity contribution is 6.04. The van der Waals surface area contributed by atoms with E-state index >= 15 is 0 Å². The number of nitrogens with one attached hydrogen (secondary N) is 1. The number of Topliss-reactive ketones (excluding diaryl/α,β-unsaturated/α-hetero) is 1. The summed E-state index contributed by atoms with van der Waals surface area (Å²) in [6, 6.07) is 23.4. The van der Waals surface area contributed by atoms with Crippen LogP contribution < -0.4 is 5.32 Å². The van der Waals surface area contributed by atoms with Crippen molar-refractivity contribution >= 4 is 17.6 Å². The number of hydrogen-bond donors (Lipinski definition) is 1. The van der Waals surface area contributed by atoms with E-state index in [2.05, 4.69) is 15.3 Å². The normalized spacial score (nSPS) is 15.1. The number of rotatable bonds is 4. The first-order valence-corrected chi connectivity index (χ1v) is 10.7. The molecule has 0 aliphatic heterocycles. The van der Waals surface area contributed by atoms with Crippen LogP contribution in [-0.2, 0) is 6.42 Å². The van der Waals surface area contributed by atoms with Crippen molar-refractivity contribution in [1.29, 1.82) is 0 Å². The van der Waals surface area contributed by atoms with Crippen molar-refractivity contribution in [3.63, 3.8) is 0 Å². The van der Waals surface area contributed by atoms with Gasteiger partial charge in [0.2, 0.25) is 5.95 Å². The largest absolute Gasteiger partial charge is 0.294 e. The highest BCUT2D eigenvalue weighted by Crippen LogP contribution is 2.32. The average molecular weight is 437 g/mol. The lowest BCUT2D eigenvalue weighted by Crippen LogP contribution is -2.22. The van der Waals surface area contributed by atoms with Crippen molar-refractivity contribution < 1.29 is 14.0 Å². The number of aromatic nitrogens is 2. The van der Waals surface area contributed by atoms with Gasteiger partial charge in [0.05, 0.1) is 11.3 Å². The minimum Gasteiger partial charge on any atom is -0.294 e. The summed E-state index contributed by atoms with van der Waals surface area (Å²) < 4.78 is 13.3. The monoisotopic (exact) mass is 437 g/mol. The molecule has 1 atom stereocenters. The van der Waals surface area contributed by atoms with Crippen molar-refractivity contribution in [3.05, 3.63) is 113 Å². The number of ketones is 1. The Labute approximate surface area is 190 Å². The van der Waals surface area contributed by atoms with Crippen LogP contribution in [0.3, 0.4) is 0 Å². The summed E-state index contributed by atoms with van der Waals surface area (Å²) in [5.74, 6) is -0.634. The lowest BCUT2D eigenvalue weighted by atomic mass is 9.82.